The van der Waals surface area contributed by atoms with Gasteiger partial charge in [0.2, 0.25) is 0 Å². The largest absolute Gasteiger partial charge is 0.466 e. The Morgan fingerprint density at radius 2 is 2.17 bits per heavy atom. The fourth-order valence-corrected chi connectivity index (χ4v) is 2.64. The molecule has 18 heavy (non-hydrogen) atoms. The number of hydrogen-bond donors (Lipinski definition) is 0. The molecule has 0 aromatic carbocycles. The number of rotatable bonds is 5. The Morgan fingerprint density at radius 1 is 1.50 bits per heavy atom. The fourth-order valence-electron chi connectivity index (χ4n) is 1.36. The predicted octanol–water partition coefficient (Wildman–Crippen LogP) is 3.78. The van der Waals surface area contributed by atoms with Crippen LogP contribution in [0.3, 0.4) is 0 Å². The third kappa shape index (κ3) is 3.98. The van der Waals surface area contributed by atoms with Crippen LogP contribution in [-0.2, 0) is 21.3 Å². The number of carbonyl (C=O) groups excluding carboxylic acids is 1. The summed E-state index contributed by atoms with van der Waals surface area (Å²) >= 11 is 6.37. The SMILES string of the molecule is CCOC(=O)Cc1nc(CBr)c(Br)cc1C(F)F. The van der Waals surface area contributed by atoms with E-state index in [0.29, 0.717) is 15.5 Å². The molecule has 0 saturated heterocycles. The number of hydrogen-bond acceptors (Lipinski definition) is 3. The minimum absolute atomic E-state index is 0.0566. The van der Waals surface area contributed by atoms with Gasteiger partial charge in [-0.15, -0.1) is 0 Å². The standard InChI is InChI=1S/C11H11Br2F2NO2/c1-2-18-10(17)4-8-6(11(14)15)3-7(13)9(5-12)16-8/h3,11H,2,4-5H2,1H3. The molecule has 100 valence electrons. The van der Waals surface area contributed by atoms with E-state index in [2.05, 4.69) is 36.8 Å². The maximum Gasteiger partial charge on any atom is 0.311 e. The average Bonchev–Trinajstić information content (AvgIpc) is 2.30. The minimum atomic E-state index is -2.68. The van der Waals surface area contributed by atoms with Crippen molar-refractivity contribution in [2.75, 3.05) is 6.61 Å². The summed E-state index contributed by atoms with van der Waals surface area (Å²) in [6.07, 6.45) is -2.93. The molecule has 1 heterocycles. The molecule has 0 bridgehead atoms. The highest BCUT2D eigenvalue weighted by Gasteiger charge is 2.19. The Morgan fingerprint density at radius 3 is 2.67 bits per heavy atom. The lowest BCUT2D eigenvalue weighted by Gasteiger charge is -2.11. The van der Waals surface area contributed by atoms with E-state index in [-0.39, 0.29) is 24.3 Å². The lowest BCUT2D eigenvalue weighted by Crippen LogP contribution is -2.12. The third-order valence-corrected chi connectivity index (χ3v) is 3.36. The Kier molecular flexibility index (Phi) is 6.14. The van der Waals surface area contributed by atoms with Crippen LogP contribution in [0.15, 0.2) is 10.5 Å². The van der Waals surface area contributed by atoms with E-state index in [1.807, 2.05) is 0 Å². The highest BCUT2D eigenvalue weighted by atomic mass is 79.9. The first kappa shape index (κ1) is 15.5. The maximum absolute atomic E-state index is 12.9. The molecule has 3 nitrogen and oxygen atoms in total. The van der Waals surface area contributed by atoms with Gasteiger partial charge in [-0.25, -0.2) is 8.78 Å². The molecule has 0 saturated carbocycles. The van der Waals surface area contributed by atoms with Crippen molar-refractivity contribution in [3.05, 3.63) is 27.5 Å². The maximum atomic E-state index is 12.9. The number of pyridine rings is 1. The number of carbonyl (C=O) groups is 1. The summed E-state index contributed by atoms with van der Waals surface area (Å²) in [5.41, 5.74) is 0.374. The van der Waals surface area contributed by atoms with Crippen LogP contribution in [0, 0.1) is 0 Å². The van der Waals surface area contributed by atoms with Gasteiger partial charge in [-0.1, -0.05) is 15.9 Å². The lowest BCUT2D eigenvalue weighted by molar-refractivity contribution is -0.142. The Hall–Kier alpha value is -0.560. The molecule has 0 aliphatic rings. The van der Waals surface area contributed by atoms with Crippen LogP contribution >= 0.6 is 31.9 Å². The number of ether oxygens (including phenoxy) is 1. The monoisotopic (exact) mass is 385 g/mol. The van der Waals surface area contributed by atoms with Crippen molar-refractivity contribution >= 4 is 37.8 Å². The van der Waals surface area contributed by atoms with Crippen LogP contribution < -0.4 is 0 Å². The first-order valence-corrected chi connectivity index (χ1v) is 7.09. The Bertz CT molecular complexity index is 441. The van der Waals surface area contributed by atoms with E-state index < -0.39 is 12.4 Å². The topological polar surface area (TPSA) is 39.2 Å². The zero-order chi connectivity index (χ0) is 13.7. The molecule has 0 N–H and O–H groups in total. The van der Waals surface area contributed by atoms with Gasteiger partial charge in [-0.2, -0.15) is 0 Å². The second-order valence-corrected chi connectivity index (χ2v) is 4.78. The van der Waals surface area contributed by atoms with Gasteiger partial charge in [0.05, 0.1) is 24.4 Å². The van der Waals surface area contributed by atoms with Crippen molar-refractivity contribution in [2.24, 2.45) is 0 Å². The third-order valence-electron chi connectivity index (χ3n) is 2.14. The molecule has 0 atom stereocenters. The highest BCUT2D eigenvalue weighted by molar-refractivity contribution is 9.10. The summed E-state index contributed by atoms with van der Waals surface area (Å²) in [5.74, 6) is -0.560. The zero-order valence-corrected chi connectivity index (χ0v) is 12.7. The molecule has 0 spiro atoms. The van der Waals surface area contributed by atoms with Gasteiger partial charge in [0.25, 0.3) is 6.43 Å². The first-order valence-electron chi connectivity index (χ1n) is 5.17. The summed E-state index contributed by atoms with van der Waals surface area (Å²) in [6.45, 7) is 1.87. The summed E-state index contributed by atoms with van der Waals surface area (Å²) in [6, 6.07) is 1.29. The summed E-state index contributed by atoms with van der Waals surface area (Å²) in [7, 11) is 0. The number of aromatic nitrogens is 1. The van der Waals surface area contributed by atoms with E-state index >= 15 is 0 Å². The van der Waals surface area contributed by atoms with Crippen LogP contribution in [0.5, 0.6) is 0 Å². The molecule has 7 heteroatoms. The Balaban J connectivity index is 3.10. The van der Waals surface area contributed by atoms with Crippen molar-refractivity contribution in [1.82, 2.24) is 4.98 Å². The minimum Gasteiger partial charge on any atom is -0.466 e. The van der Waals surface area contributed by atoms with Gasteiger partial charge in [-0.3, -0.25) is 9.78 Å². The van der Waals surface area contributed by atoms with Crippen LogP contribution in [0.2, 0.25) is 0 Å². The smallest absolute Gasteiger partial charge is 0.311 e. The molecule has 0 fully saturated rings. The van der Waals surface area contributed by atoms with Gasteiger partial charge < -0.3 is 4.74 Å². The molecule has 0 aliphatic carbocycles. The molecular formula is C11H11Br2F2NO2. The van der Waals surface area contributed by atoms with Gasteiger partial charge in [-0.05, 0) is 28.9 Å². The van der Waals surface area contributed by atoms with Crippen molar-refractivity contribution in [1.29, 1.82) is 0 Å². The summed E-state index contributed by atoms with van der Waals surface area (Å²) < 4.78 is 30.9. The van der Waals surface area contributed by atoms with Gasteiger partial charge in [0, 0.05) is 15.4 Å². The molecule has 1 aromatic heterocycles. The molecular weight excluding hydrogens is 376 g/mol. The Labute approximate surface area is 120 Å². The molecule has 0 unspecified atom stereocenters. The second-order valence-electron chi connectivity index (χ2n) is 3.37. The molecule has 0 radical (unpaired) electrons. The van der Waals surface area contributed by atoms with E-state index in [1.54, 1.807) is 6.92 Å². The first-order chi connectivity index (χ1) is 8.49. The van der Waals surface area contributed by atoms with Crippen molar-refractivity contribution in [2.45, 2.75) is 25.1 Å². The number of alkyl halides is 3. The predicted molar refractivity (Wildman–Crippen MR) is 69.9 cm³/mol. The molecule has 0 aliphatic heterocycles. The van der Waals surface area contributed by atoms with Crippen LogP contribution in [0.4, 0.5) is 8.78 Å². The normalized spacial score (nSPS) is 10.8. The van der Waals surface area contributed by atoms with Gasteiger partial charge >= 0.3 is 5.97 Å². The zero-order valence-electron chi connectivity index (χ0n) is 9.55. The number of halogens is 4. The van der Waals surface area contributed by atoms with Crippen molar-refractivity contribution < 1.29 is 18.3 Å². The van der Waals surface area contributed by atoms with E-state index in [4.69, 9.17) is 4.74 Å². The van der Waals surface area contributed by atoms with Gasteiger partial charge in [0.15, 0.2) is 0 Å². The fraction of sp³-hybridized carbons (Fsp3) is 0.455. The van der Waals surface area contributed by atoms with E-state index in [1.165, 1.54) is 6.07 Å². The molecule has 1 aromatic rings. The van der Waals surface area contributed by atoms with Crippen LogP contribution in [0.25, 0.3) is 0 Å². The van der Waals surface area contributed by atoms with E-state index in [0.717, 1.165) is 0 Å². The number of nitrogens with zero attached hydrogens (tertiary/aromatic N) is 1. The van der Waals surface area contributed by atoms with Crippen molar-refractivity contribution in [3.8, 4) is 0 Å². The quantitative estimate of drug-likeness (QED) is 0.571. The van der Waals surface area contributed by atoms with E-state index in [9.17, 15) is 13.6 Å². The average molecular weight is 387 g/mol. The number of esters is 1. The van der Waals surface area contributed by atoms with Crippen LogP contribution in [-0.4, -0.2) is 17.6 Å². The van der Waals surface area contributed by atoms with Crippen LogP contribution in [0.1, 0.15) is 30.3 Å². The molecule has 1 rings (SSSR count). The lowest BCUT2D eigenvalue weighted by atomic mass is 10.1. The highest BCUT2D eigenvalue weighted by Crippen LogP contribution is 2.28. The second kappa shape index (κ2) is 7.13. The van der Waals surface area contributed by atoms with Crippen molar-refractivity contribution in [3.63, 3.8) is 0 Å². The summed E-state index contributed by atoms with van der Waals surface area (Å²) in [4.78, 5) is 15.4. The summed E-state index contributed by atoms with van der Waals surface area (Å²) in [5, 5.41) is 0.410. The van der Waals surface area contributed by atoms with Gasteiger partial charge in [0.1, 0.15) is 0 Å². The molecule has 0 amide bonds.